The van der Waals surface area contributed by atoms with Crippen molar-refractivity contribution in [2.24, 2.45) is 0 Å². The molecular weight excluding hydrogens is 211 g/mol. The lowest BCUT2D eigenvalue weighted by molar-refractivity contribution is 0.828. The summed E-state index contributed by atoms with van der Waals surface area (Å²) in [7, 11) is -0.546. The van der Waals surface area contributed by atoms with Gasteiger partial charge in [0.15, 0.2) is 0 Å². The third-order valence-electron chi connectivity index (χ3n) is 3.66. The molecule has 0 aromatic heterocycles. The van der Waals surface area contributed by atoms with Gasteiger partial charge >= 0.3 is 0 Å². The third kappa shape index (κ3) is 6.89. The summed E-state index contributed by atoms with van der Waals surface area (Å²) in [5.41, 5.74) is 0. The maximum absolute atomic E-state index is 2.39. The minimum absolute atomic E-state index is 0.546. The predicted molar refractivity (Wildman–Crippen MR) is 81.4 cm³/mol. The molecular formula is C15H34P+. The second kappa shape index (κ2) is 10.6. The second-order valence-corrected chi connectivity index (χ2v) is 9.77. The van der Waals surface area contributed by atoms with Crippen LogP contribution in [0.3, 0.4) is 0 Å². The van der Waals surface area contributed by atoms with E-state index in [4.69, 9.17) is 0 Å². The average molecular weight is 245 g/mol. The molecule has 0 aliphatic rings. The largest absolute Gasteiger partial charge is 0.0652 e. The van der Waals surface area contributed by atoms with Crippen molar-refractivity contribution >= 4 is 7.26 Å². The summed E-state index contributed by atoms with van der Waals surface area (Å²) in [5, 5.41) is 0. The molecule has 0 rings (SSSR count). The van der Waals surface area contributed by atoms with Crippen molar-refractivity contribution in [1.82, 2.24) is 0 Å². The van der Waals surface area contributed by atoms with Crippen molar-refractivity contribution in [2.45, 2.75) is 72.6 Å². The molecule has 0 nitrogen and oxygen atoms in total. The second-order valence-electron chi connectivity index (χ2n) is 5.30. The van der Waals surface area contributed by atoms with Gasteiger partial charge in [-0.25, -0.2) is 0 Å². The van der Waals surface area contributed by atoms with Gasteiger partial charge < -0.3 is 0 Å². The van der Waals surface area contributed by atoms with Gasteiger partial charge in [-0.1, -0.05) is 47.0 Å². The Kier molecular flexibility index (Phi) is 10.9. The van der Waals surface area contributed by atoms with E-state index in [9.17, 15) is 0 Å². The van der Waals surface area contributed by atoms with E-state index in [1.807, 2.05) is 0 Å². The van der Waals surface area contributed by atoms with Gasteiger partial charge in [-0.15, -0.1) is 0 Å². The molecule has 0 amide bonds. The third-order valence-corrected chi connectivity index (χ3v) is 8.85. The van der Waals surface area contributed by atoms with Crippen molar-refractivity contribution in [3.63, 3.8) is 0 Å². The van der Waals surface area contributed by atoms with Gasteiger partial charge in [0.25, 0.3) is 0 Å². The van der Waals surface area contributed by atoms with Crippen LogP contribution in [0.4, 0.5) is 0 Å². The molecule has 1 heteroatoms. The van der Waals surface area contributed by atoms with Crippen LogP contribution in [0.2, 0.25) is 0 Å². The first kappa shape index (κ1) is 16.4. The summed E-state index contributed by atoms with van der Waals surface area (Å²) in [6.45, 7) is 9.43. The van der Waals surface area contributed by atoms with Crippen LogP contribution < -0.4 is 0 Å². The minimum atomic E-state index is -0.546. The molecule has 0 atom stereocenters. The molecule has 98 valence electrons. The summed E-state index contributed by atoms with van der Waals surface area (Å²) in [4.78, 5) is 0. The van der Waals surface area contributed by atoms with Crippen LogP contribution >= 0.6 is 7.26 Å². The van der Waals surface area contributed by atoms with E-state index in [0.29, 0.717) is 0 Å². The smallest absolute Gasteiger partial charge is 0.0594 e. The Balaban J connectivity index is 4.32. The molecule has 0 saturated carbocycles. The summed E-state index contributed by atoms with van der Waals surface area (Å²) >= 11 is 0. The van der Waals surface area contributed by atoms with Crippen molar-refractivity contribution in [3.05, 3.63) is 0 Å². The van der Waals surface area contributed by atoms with Crippen LogP contribution in [0.1, 0.15) is 72.6 Å². The van der Waals surface area contributed by atoms with Crippen molar-refractivity contribution in [2.75, 3.05) is 24.6 Å². The summed E-state index contributed by atoms with van der Waals surface area (Å²) in [6, 6.07) is 0. The van der Waals surface area contributed by atoms with Gasteiger partial charge in [0.05, 0.1) is 24.6 Å². The van der Waals surface area contributed by atoms with Gasteiger partial charge in [0.2, 0.25) is 0 Å². The lowest BCUT2D eigenvalue weighted by atomic mass is 10.4. The Bertz CT molecular complexity index is 121. The molecule has 0 aromatic rings. The number of hydrogen-bond donors (Lipinski definition) is 0. The first-order valence-electron chi connectivity index (χ1n) is 7.59. The molecule has 0 aliphatic carbocycles. The van der Waals surface area contributed by atoms with Gasteiger partial charge in [-0.3, -0.25) is 0 Å². The lowest BCUT2D eigenvalue weighted by Gasteiger charge is -2.27. The first-order valence-corrected chi connectivity index (χ1v) is 10.1. The Hall–Kier alpha value is 0.430. The zero-order chi connectivity index (χ0) is 12.3. The zero-order valence-corrected chi connectivity index (χ0v) is 13.1. The molecule has 0 radical (unpaired) electrons. The highest BCUT2D eigenvalue weighted by Gasteiger charge is 2.33. The molecule has 0 unspecified atom stereocenters. The first-order chi connectivity index (χ1) is 7.74. The molecule has 0 aromatic carbocycles. The van der Waals surface area contributed by atoms with Crippen molar-refractivity contribution in [1.29, 1.82) is 0 Å². The van der Waals surface area contributed by atoms with E-state index in [-0.39, 0.29) is 0 Å². The van der Waals surface area contributed by atoms with Crippen LogP contribution in [0.15, 0.2) is 0 Å². The van der Waals surface area contributed by atoms with Crippen LogP contribution in [-0.4, -0.2) is 24.6 Å². The Morgan fingerprint density at radius 1 is 0.500 bits per heavy atom. The average Bonchev–Trinajstić information content (AvgIpc) is 2.31. The molecule has 0 heterocycles. The molecule has 0 spiro atoms. The Morgan fingerprint density at radius 2 is 0.875 bits per heavy atom. The maximum atomic E-state index is 2.39. The molecule has 0 bridgehead atoms. The van der Waals surface area contributed by atoms with E-state index < -0.39 is 7.26 Å². The normalized spacial score (nSPS) is 12.0. The highest BCUT2D eigenvalue weighted by atomic mass is 31.2. The van der Waals surface area contributed by atoms with E-state index in [0.717, 1.165) is 0 Å². The molecule has 0 fully saturated rings. The Labute approximate surface area is 105 Å². The van der Waals surface area contributed by atoms with E-state index in [1.54, 1.807) is 24.6 Å². The number of hydrogen-bond acceptors (Lipinski definition) is 0. The summed E-state index contributed by atoms with van der Waals surface area (Å²) < 4.78 is 0. The van der Waals surface area contributed by atoms with Crippen LogP contribution in [0.5, 0.6) is 0 Å². The predicted octanol–water partition coefficient (Wildman–Crippen LogP) is 5.81. The minimum Gasteiger partial charge on any atom is -0.0652 e. The van der Waals surface area contributed by atoms with Crippen LogP contribution in [0.25, 0.3) is 0 Å². The number of rotatable bonds is 11. The molecule has 0 aliphatic heterocycles. The monoisotopic (exact) mass is 245 g/mol. The highest BCUT2D eigenvalue weighted by molar-refractivity contribution is 7.75. The lowest BCUT2D eigenvalue weighted by Crippen LogP contribution is -2.12. The van der Waals surface area contributed by atoms with Gasteiger partial charge in [0, 0.05) is 7.26 Å². The fraction of sp³-hybridized carbons (Fsp3) is 1.00. The van der Waals surface area contributed by atoms with E-state index in [2.05, 4.69) is 27.7 Å². The fourth-order valence-corrected chi connectivity index (χ4v) is 7.88. The van der Waals surface area contributed by atoms with E-state index >= 15 is 0 Å². The summed E-state index contributed by atoms with van der Waals surface area (Å²) in [6.07, 6.45) is 16.4. The fourth-order valence-electron chi connectivity index (χ4n) is 2.63. The van der Waals surface area contributed by atoms with Crippen LogP contribution in [-0.2, 0) is 0 Å². The van der Waals surface area contributed by atoms with Gasteiger partial charge in [-0.2, -0.15) is 0 Å². The standard InChI is InChI=1S/C15H34P/c1-5-9-13-16(12-8-4,14-10-6-2)15-11-7-3/h5-15H2,1-4H3/q+1. The molecule has 16 heavy (non-hydrogen) atoms. The number of unbranched alkanes of at least 4 members (excludes halogenated alkanes) is 3. The van der Waals surface area contributed by atoms with Gasteiger partial charge in [0.1, 0.15) is 0 Å². The highest BCUT2D eigenvalue weighted by Crippen LogP contribution is 2.61. The SMILES string of the molecule is CCCC[P+](CCC)(CCCC)CCCC. The van der Waals surface area contributed by atoms with Crippen molar-refractivity contribution in [3.8, 4) is 0 Å². The molecule has 0 saturated heterocycles. The topological polar surface area (TPSA) is 0 Å². The molecule has 0 N–H and O–H groups in total. The van der Waals surface area contributed by atoms with Gasteiger partial charge in [-0.05, 0) is 25.7 Å². The Morgan fingerprint density at radius 3 is 1.12 bits per heavy atom. The van der Waals surface area contributed by atoms with Crippen LogP contribution in [0, 0.1) is 0 Å². The quantitative estimate of drug-likeness (QED) is 0.403. The maximum Gasteiger partial charge on any atom is 0.0594 e. The summed E-state index contributed by atoms with van der Waals surface area (Å²) in [5.74, 6) is 0. The van der Waals surface area contributed by atoms with Crippen molar-refractivity contribution < 1.29 is 0 Å². The van der Waals surface area contributed by atoms with E-state index in [1.165, 1.54) is 44.9 Å². The zero-order valence-electron chi connectivity index (χ0n) is 12.2.